The number of methoxy groups -OCH3 is 1. The zero-order valence-corrected chi connectivity index (χ0v) is 6.55. The van der Waals surface area contributed by atoms with E-state index < -0.39 is 0 Å². The summed E-state index contributed by atoms with van der Waals surface area (Å²) in [4.78, 5) is 11.1. The molecule has 4 nitrogen and oxygen atoms in total. The van der Waals surface area contributed by atoms with Gasteiger partial charge in [-0.15, -0.1) is 0 Å². The fraction of sp³-hybridized carbons (Fsp3) is 0.429. The minimum absolute atomic E-state index is 0.0376. The van der Waals surface area contributed by atoms with Crippen LogP contribution in [0.15, 0.2) is 6.20 Å². The molecule has 0 saturated heterocycles. The van der Waals surface area contributed by atoms with Gasteiger partial charge in [0.15, 0.2) is 5.78 Å². The summed E-state index contributed by atoms with van der Waals surface area (Å²) in [5.74, 6) is 0.479. The Balaban J connectivity index is 2.92. The Morgan fingerprint density at radius 3 is 3.09 bits per heavy atom. The van der Waals surface area contributed by atoms with Crippen LogP contribution in [0.1, 0.15) is 23.7 Å². The maximum Gasteiger partial charge on any atom is 0.219 e. The molecule has 1 rings (SSSR count). The molecule has 0 atom stereocenters. The first-order valence-electron chi connectivity index (χ1n) is 3.40. The summed E-state index contributed by atoms with van der Waals surface area (Å²) < 4.78 is 4.87. The quantitative estimate of drug-likeness (QED) is 0.661. The fourth-order valence-electron chi connectivity index (χ4n) is 0.819. The zero-order chi connectivity index (χ0) is 8.27. The largest absolute Gasteiger partial charge is 0.481 e. The smallest absolute Gasteiger partial charge is 0.219 e. The standard InChI is InChI=1S/C7H10N2O2/c1-3-6(10)5-4-8-9-7(5)11-2/h4H,3H2,1-2H3,(H,8,9). The van der Waals surface area contributed by atoms with Gasteiger partial charge in [0, 0.05) is 6.42 Å². The number of aromatic amines is 1. The molecule has 0 saturated carbocycles. The van der Waals surface area contributed by atoms with Gasteiger partial charge in [0.25, 0.3) is 0 Å². The summed E-state index contributed by atoms with van der Waals surface area (Å²) >= 11 is 0. The highest BCUT2D eigenvalue weighted by molar-refractivity contribution is 5.97. The molecule has 11 heavy (non-hydrogen) atoms. The van der Waals surface area contributed by atoms with E-state index in [2.05, 4.69) is 10.2 Å². The maximum atomic E-state index is 11.1. The number of hydrogen-bond acceptors (Lipinski definition) is 3. The maximum absolute atomic E-state index is 11.1. The number of ketones is 1. The molecule has 0 aliphatic rings. The molecule has 0 unspecified atom stereocenters. The second kappa shape index (κ2) is 3.18. The Morgan fingerprint density at radius 2 is 2.55 bits per heavy atom. The molecule has 4 heteroatoms. The number of Topliss-reactive ketones (excluding diaryl/α,β-unsaturated/α-hetero) is 1. The lowest BCUT2D eigenvalue weighted by Gasteiger charge is -1.96. The molecule has 0 amide bonds. The van der Waals surface area contributed by atoms with Crippen molar-refractivity contribution in [1.82, 2.24) is 10.2 Å². The van der Waals surface area contributed by atoms with Crippen molar-refractivity contribution < 1.29 is 9.53 Å². The number of carbonyl (C=O) groups is 1. The third kappa shape index (κ3) is 1.39. The summed E-state index contributed by atoms with van der Waals surface area (Å²) in [6.45, 7) is 1.80. The van der Waals surface area contributed by atoms with Crippen molar-refractivity contribution in [3.8, 4) is 5.88 Å². The molecule has 1 aromatic rings. The van der Waals surface area contributed by atoms with Crippen molar-refractivity contribution in [2.24, 2.45) is 0 Å². The van der Waals surface area contributed by atoms with Gasteiger partial charge in [0.2, 0.25) is 5.88 Å². The molecule has 0 aromatic carbocycles. The number of rotatable bonds is 3. The van der Waals surface area contributed by atoms with Crippen LogP contribution in [-0.4, -0.2) is 23.1 Å². The number of hydrogen-bond donors (Lipinski definition) is 1. The van der Waals surface area contributed by atoms with E-state index in [-0.39, 0.29) is 5.78 Å². The van der Waals surface area contributed by atoms with Gasteiger partial charge >= 0.3 is 0 Å². The van der Waals surface area contributed by atoms with Gasteiger partial charge in [-0.25, -0.2) is 5.10 Å². The predicted octanol–water partition coefficient (Wildman–Crippen LogP) is 1.01. The molecule has 0 fully saturated rings. The highest BCUT2D eigenvalue weighted by Crippen LogP contribution is 2.14. The van der Waals surface area contributed by atoms with Crippen molar-refractivity contribution >= 4 is 5.78 Å². The predicted molar refractivity (Wildman–Crippen MR) is 39.8 cm³/mol. The summed E-state index contributed by atoms with van der Waals surface area (Å²) in [5, 5.41) is 6.27. The van der Waals surface area contributed by atoms with Gasteiger partial charge in [0.1, 0.15) is 0 Å². The molecular weight excluding hydrogens is 144 g/mol. The van der Waals surface area contributed by atoms with E-state index in [1.165, 1.54) is 13.3 Å². The first-order chi connectivity index (χ1) is 5.29. The van der Waals surface area contributed by atoms with Crippen LogP contribution in [0.5, 0.6) is 5.88 Å². The topological polar surface area (TPSA) is 55.0 Å². The molecule has 1 heterocycles. The summed E-state index contributed by atoms with van der Waals surface area (Å²) in [7, 11) is 1.50. The lowest BCUT2D eigenvalue weighted by atomic mass is 10.2. The summed E-state index contributed by atoms with van der Waals surface area (Å²) in [6, 6.07) is 0. The highest BCUT2D eigenvalue weighted by Gasteiger charge is 2.11. The van der Waals surface area contributed by atoms with E-state index in [4.69, 9.17) is 4.74 Å². The van der Waals surface area contributed by atoms with Crippen LogP contribution in [0, 0.1) is 0 Å². The molecule has 0 radical (unpaired) electrons. The van der Waals surface area contributed by atoms with Gasteiger partial charge in [-0.05, 0) is 0 Å². The van der Waals surface area contributed by atoms with Crippen LogP contribution in [0.2, 0.25) is 0 Å². The average molecular weight is 154 g/mol. The SMILES string of the molecule is CCC(=O)c1cn[nH]c1OC. The van der Waals surface area contributed by atoms with E-state index in [0.29, 0.717) is 17.9 Å². The van der Waals surface area contributed by atoms with Crippen LogP contribution in [-0.2, 0) is 0 Å². The Labute approximate surface area is 64.6 Å². The van der Waals surface area contributed by atoms with E-state index >= 15 is 0 Å². The molecule has 0 aliphatic heterocycles. The van der Waals surface area contributed by atoms with E-state index in [1.807, 2.05) is 0 Å². The third-order valence-electron chi connectivity index (χ3n) is 1.43. The Hall–Kier alpha value is -1.32. The number of nitrogens with one attached hydrogen (secondary N) is 1. The van der Waals surface area contributed by atoms with E-state index in [9.17, 15) is 4.79 Å². The average Bonchev–Trinajstić information content (AvgIpc) is 2.50. The Bertz CT molecular complexity index is 255. The molecular formula is C7H10N2O2. The first kappa shape index (κ1) is 7.78. The lowest BCUT2D eigenvalue weighted by Crippen LogP contribution is -1.97. The molecule has 0 aliphatic carbocycles. The fourth-order valence-corrected chi connectivity index (χ4v) is 0.819. The Morgan fingerprint density at radius 1 is 1.82 bits per heavy atom. The van der Waals surface area contributed by atoms with E-state index in [1.54, 1.807) is 6.92 Å². The van der Waals surface area contributed by atoms with Crippen molar-refractivity contribution in [3.63, 3.8) is 0 Å². The molecule has 1 aromatic heterocycles. The second-order valence-corrected chi connectivity index (χ2v) is 2.09. The number of ether oxygens (including phenoxy) is 1. The highest BCUT2D eigenvalue weighted by atomic mass is 16.5. The van der Waals surface area contributed by atoms with Crippen LogP contribution in [0.3, 0.4) is 0 Å². The minimum atomic E-state index is 0.0376. The molecule has 0 bridgehead atoms. The lowest BCUT2D eigenvalue weighted by molar-refractivity contribution is 0.0985. The van der Waals surface area contributed by atoms with Crippen LogP contribution < -0.4 is 4.74 Å². The van der Waals surface area contributed by atoms with Crippen molar-refractivity contribution in [2.75, 3.05) is 7.11 Å². The van der Waals surface area contributed by atoms with Crippen molar-refractivity contribution in [1.29, 1.82) is 0 Å². The number of carbonyl (C=O) groups excluding carboxylic acids is 1. The van der Waals surface area contributed by atoms with Gasteiger partial charge in [0.05, 0.1) is 18.9 Å². The number of H-pyrrole nitrogens is 1. The number of nitrogens with zero attached hydrogens (tertiary/aromatic N) is 1. The van der Waals surface area contributed by atoms with Crippen LogP contribution >= 0.6 is 0 Å². The third-order valence-corrected chi connectivity index (χ3v) is 1.43. The normalized spacial score (nSPS) is 9.64. The minimum Gasteiger partial charge on any atom is -0.481 e. The summed E-state index contributed by atoms with van der Waals surface area (Å²) in [5.41, 5.74) is 0.523. The second-order valence-electron chi connectivity index (χ2n) is 2.09. The molecule has 0 spiro atoms. The van der Waals surface area contributed by atoms with Crippen LogP contribution in [0.4, 0.5) is 0 Å². The van der Waals surface area contributed by atoms with Crippen molar-refractivity contribution in [3.05, 3.63) is 11.8 Å². The van der Waals surface area contributed by atoms with Crippen LogP contribution in [0.25, 0.3) is 0 Å². The van der Waals surface area contributed by atoms with Gasteiger partial charge < -0.3 is 4.74 Å². The summed E-state index contributed by atoms with van der Waals surface area (Å²) in [6.07, 6.45) is 1.94. The number of aromatic nitrogens is 2. The zero-order valence-electron chi connectivity index (χ0n) is 6.55. The first-order valence-corrected chi connectivity index (χ1v) is 3.40. The monoisotopic (exact) mass is 154 g/mol. The van der Waals surface area contributed by atoms with Gasteiger partial charge in [-0.2, -0.15) is 5.10 Å². The van der Waals surface area contributed by atoms with Gasteiger partial charge in [-0.1, -0.05) is 6.92 Å². The van der Waals surface area contributed by atoms with Gasteiger partial charge in [-0.3, -0.25) is 4.79 Å². The van der Waals surface area contributed by atoms with Crippen molar-refractivity contribution in [2.45, 2.75) is 13.3 Å². The van der Waals surface area contributed by atoms with E-state index in [0.717, 1.165) is 0 Å². The molecule has 1 N–H and O–H groups in total. The Kier molecular flexibility index (Phi) is 2.25. The molecule has 60 valence electrons.